The van der Waals surface area contributed by atoms with E-state index >= 15 is 0 Å². The van der Waals surface area contributed by atoms with Gasteiger partial charge in [0.05, 0.1) is 12.0 Å². The molecule has 0 fully saturated rings. The van der Waals surface area contributed by atoms with Crippen LogP contribution in [-0.4, -0.2) is 30.0 Å². The van der Waals surface area contributed by atoms with Crippen molar-refractivity contribution in [2.45, 2.75) is 26.4 Å². The largest absolute Gasteiger partial charge is 0.496 e. The van der Waals surface area contributed by atoms with Crippen LogP contribution >= 0.6 is 12.4 Å². The molecule has 0 atom stereocenters. The predicted molar refractivity (Wildman–Crippen MR) is 73.5 cm³/mol. The maximum atomic E-state index is 10.7. The van der Waals surface area contributed by atoms with Crippen LogP contribution in [0, 0.1) is 10.1 Å². The lowest BCUT2D eigenvalue weighted by Crippen LogP contribution is -2.25. The number of ether oxygens (including phenoxy) is 1. The van der Waals surface area contributed by atoms with Crippen LogP contribution in [0.15, 0.2) is 18.2 Å². The molecule has 0 bridgehead atoms. The molecule has 0 N–H and O–H groups in total. The highest BCUT2D eigenvalue weighted by atomic mass is 35.5. The summed E-state index contributed by atoms with van der Waals surface area (Å²) in [6.45, 7) is 4.77. The zero-order chi connectivity index (χ0) is 13.0. The minimum Gasteiger partial charge on any atom is -0.496 e. The van der Waals surface area contributed by atoms with Gasteiger partial charge in [-0.3, -0.25) is 15.0 Å². The molecule has 0 aliphatic heterocycles. The van der Waals surface area contributed by atoms with Crippen molar-refractivity contribution in [1.82, 2.24) is 4.90 Å². The van der Waals surface area contributed by atoms with Gasteiger partial charge in [0.15, 0.2) is 0 Å². The van der Waals surface area contributed by atoms with Crippen LogP contribution < -0.4 is 4.74 Å². The van der Waals surface area contributed by atoms with Crippen LogP contribution in [0.1, 0.15) is 19.4 Å². The van der Waals surface area contributed by atoms with Crippen LogP contribution in [0.2, 0.25) is 0 Å². The second kappa shape index (κ2) is 7.18. The summed E-state index contributed by atoms with van der Waals surface area (Å²) in [7, 11) is 3.54. The number of benzene rings is 1. The van der Waals surface area contributed by atoms with Gasteiger partial charge >= 0.3 is 0 Å². The van der Waals surface area contributed by atoms with Crippen LogP contribution in [0.3, 0.4) is 0 Å². The maximum absolute atomic E-state index is 10.7. The van der Waals surface area contributed by atoms with E-state index in [-0.39, 0.29) is 18.1 Å². The smallest absolute Gasteiger partial charge is 0.270 e. The monoisotopic (exact) mass is 274 g/mol. The Hall–Kier alpha value is -1.33. The van der Waals surface area contributed by atoms with E-state index in [2.05, 4.69) is 18.7 Å². The summed E-state index contributed by atoms with van der Waals surface area (Å²) >= 11 is 0. The van der Waals surface area contributed by atoms with Crippen molar-refractivity contribution in [1.29, 1.82) is 0 Å². The third kappa shape index (κ3) is 4.16. The Kier molecular flexibility index (Phi) is 6.65. The second-order valence-electron chi connectivity index (χ2n) is 4.26. The molecule has 0 heterocycles. The zero-order valence-electron chi connectivity index (χ0n) is 11.0. The molecule has 1 aromatic rings. The van der Waals surface area contributed by atoms with Gasteiger partial charge in [-0.15, -0.1) is 12.4 Å². The molecule has 0 radical (unpaired) electrons. The van der Waals surface area contributed by atoms with Crippen molar-refractivity contribution < 1.29 is 9.66 Å². The van der Waals surface area contributed by atoms with Crippen LogP contribution in [0.25, 0.3) is 0 Å². The third-order valence-corrected chi connectivity index (χ3v) is 2.78. The molecule has 0 saturated carbocycles. The fourth-order valence-corrected chi connectivity index (χ4v) is 1.45. The highest BCUT2D eigenvalue weighted by Crippen LogP contribution is 2.25. The Balaban J connectivity index is 0.00000289. The van der Waals surface area contributed by atoms with E-state index in [1.54, 1.807) is 19.2 Å². The number of non-ortho nitro benzene ring substituents is 1. The van der Waals surface area contributed by atoms with Gasteiger partial charge in [0, 0.05) is 30.3 Å². The first-order chi connectivity index (χ1) is 7.95. The fraction of sp³-hybridized carbons (Fsp3) is 0.500. The molecule has 1 rings (SSSR count). The summed E-state index contributed by atoms with van der Waals surface area (Å²) in [5.41, 5.74) is 0.927. The number of hydrogen-bond acceptors (Lipinski definition) is 4. The average molecular weight is 275 g/mol. The van der Waals surface area contributed by atoms with Crippen molar-refractivity contribution in [3.8, 4) is 5.75 Å². The lowest BCUT2D eigenvalue weighted by molar-refractivity contribution is -0.385. The number of nitrogens with zero attached hydrogens (tertiary/aromatic N) is 2. The first-order valence-electron chi connectivity index (χ1n) is 5.47. The van der Waals surface area contributed by atoms with E-state index in [0.717, 1.165) is 5.56 Å². The van der Waals surface area contributed by atoms with Gasteiger partial charge in [-0.25, -0.2) is 0 Å². The topological polar surface area (TPSA) is 55.6 Å². The SMILES string of the molecule is COc1ccc([N+](=O)[O-])cc1CN(C)C(C)C.Cl. The molecule has 0 amide bonds. The van der Waals surface area contributed by atoms with Crippen molar-refractivity contribution in [2.75, 3.05) is 14.2 Å². The van der Waals surface area contributed by atoms with E-state index in [0.29, 0.717) is 18.3 Å². The Morgan fingerprint density at radius 2 is 2.06 bits per heavy atom. The number of halogens is 1. The van der Waals surface area contributed by atoms with Gasteiger partial charge in [-0.2, -0.15) is 0 Å². The van der Waals surface area contributed by atoms with Gasteiger partial charge in [0.2, 0.25) is 0 Å². The standard InChI is InChI=1S/C12H18N2O3.ClH/c1-9(2)13(3)8-10-7-11(14(15)16)5-6-12(10)17-4;/h5-7,9H,8H2,1-4H3;1H. The second-order valence-corrected chi connectivity index (χ2v) is 4.26. The average Bonchev–Trinajstić information content (AvgIpc) is 2.28. The lowest BCUT2D eigenvalue weighted by atomic mass is 10.1. The Labute approximate surface area is 113 Å². The fourth-order valence-electron chi connectivity index (χ4n) is 1.45. The maximum Gasteiger partial charge on any atom is 0.270 e. The van der Waals surface area contributed by atoms with Crippen LogP contribution in [0.5, 0.6) is 5.75 Å². The Bertz CT molecular complexity index is 410. The molecule has 1 aromatic carbocycles. The van der Waals surface area contributed by atoms with Crippen molar-refractivity contribution >= 4 is 18.1 Å². The third-order valence-electron chi connectivity index (χ3n) is 2.78. The summed E-state index contributed by atoms with van der Waals surface area (Å²) in [5, 5.41) is 10.7. The minimum atomic E-state index is -0.391. The van der Waals surface area contributed by atoms with Crippen molar-refractivity contribution in [2.24, 2.45) is 0 Å². The zero-order valence-corrected chi connectivity index (χ0v) is 11.9. The quantitative estimate of drug-likeness (QED) is 0.612. The predicted octanol–water partition coefficient (Wildman–Crippen LogP) is 2.87. The molecular formula is C12H19ClN2O3. The number of nitro benzene ring substituents is 1. The van der Waals surface area contributed by atoms with E-state index in [9.17, 15) is 10.1 Å². The van der Waals surface area contributed by atoms with E-state index < -0.39 is 4.92 Å². The molecule has 18 heavy (non-hydrogen) atoms. The molecule has 6 heteroatoms. The highest BCUT2D eigenvalue weighted by molar-refractivity contribution is 5.85. The van der Waals surface area contributed by atoms with Crippen LogP contribution in [0.4, 0.5) is 5.69 Å². The summed E-state index contributed by atoms with van der Waals surface area (Å²) < 4.78 is 5.21. The molecule has 0 unspecified atom stereocenters. The van der Waals surface area contributed by atoms with Gasteiger partial charge in [-0.05, 0) is 27.0 Å². The number of hydrogen-bond donors (Lipinski definition) is 0. The van der Waals surface area contributed by atoms with Crippen molar-refractivity contribution in [3.63, 3.8) is 0 Å². The van der Waals surface area contributed by atoms with Gasteiger partial charge in [0.25, 0.3) is 5.69 Å². The van der Waals surface area contributed by atoms with Crippen LogP contribution in [-0.2, 0) is 6.54 Å². The van der Waals surface area contributed by atoms with Crippen molar-refractivity contribution in [3.05, 3.63) is 33.9 Å². The summed E-state index contributed by atoms with van der Waals surface area (Å²) in [5.74, 6) is 0.683. The molecular weight excluding hydrogens is 256 g/mol. The first-order valence-corrected chi connectivity index (χ1v) is 5.47. The number of rotatable bonds is 5. The first kappa shape index (κ1) is 16.7. The van der Waals surface area contributed by atoms with E-state index in [1.165, 1.54) is 6.07 Å². The van der Waals surface area contributed by atoms with E-state index in [1.807, 2.05) is 7.05 Å². The molecule has 0 aliphatic rings. The molecule has 5 nitrogen and oxygen atoms in total. The minimum absolute atomic E-state index is 0. The van der Waals surface area contributed by atoms with Gasteiger partial charge < -0.3 is 4.74 Å². The normalized spacial score (nSPS) is 10.3. The van der Waals surface area contributed by atoms with Gasteiger partial charge in [0.1, 0.15) is 5.75 Å². The molecule has 102 valence electrons. The van der Waals surface area contributed by atoms with Gasteiger partial charge in [-0.1, -0.05) is 0 Å². The summed E-state index contributed by atoms with van der Waals surface area (Å²) in [6, 6.07) is 5.04. The molecule has 0 aromatic heterocycles. The van der Waals surface area contributed by atoms with E-state index in [4.69, 9.17) is 4.74 Å². The molecule has 0 aliphatic carbocycles. The molecule has 0 spiro atoms. The Morgan fingerprint density at radius 1 is 1.44 bits per heavy atom. The highest BCUT2D eigenvalue weighted by Gasteiger charge is 2.13. The summed E-state index contributed by atoms with van der Waals surface area (Å²) in [6.07, 6.45) is 0. The lowest BCUT2D eigenvalue weighted by Gasteiger charge is -2.21. The number of nitro groups is 1. The summed E-state index contributed by atoms with van der Waals surface area (Å²) in [4.78, 5) is 12.4. The Morgan fingerprint density at radius 3 is 2.50 bits per heavy atom. The molecule has 0 saturated heterocycles. The number of methoxy groups -OCH3 is 1.